The molecule has 4 nitrogen and oxygen atoms in total. The monoisotopic (exact) mass is 313 g/mol. The molecule has 1 rings (SSSR count). The average molecular weight is 314 g/mol. The molecule has 18 heavy (non-hydrogen) atoms. The lowest BCUT2D eigenvalue weighted by molar-refractivity contribution is -0.142. The highest BCUT2D eigenvalue weighted by atomic mass is 79.9. The van der Waals surface area contributed by atoms with Crippen LogP contribution in [0.25, 0.3) is 0 Å². The maximum atomic E-state index is 11.9. The van der Waals surface area contributed by atoms with Gasteiger partial charge in [-0.1, -0.05) is 35.0 Å². The van der Waals surface area contributed by atoms with E-state index in [-0.39, 0.29) is 18.9 Å². The molecule has 98 valence electrons. The standard InChI is InChI=1S/C13H16BrNO3/c1-9(13(17)18)8-15(2)12(16)7-10-4-3-5-11(14)6-10/h3-6,9H,7-8H2,1-2H3,(H,17,18)/t9-/m0/s1. The number of aliphatic carboxylic acids is 1. The van der Waals surface area contributed by atoms with Crippen molar-refractivity contribution in [3.8, 4) is 0 Å². The number of amides is 1. The van der Waals surface area contributed by atoms with Crippen molar-refractivity contribution in [2.75, 3.05) is 13.6 Å². The van der Waals surface area contributed by atoms with Crippen molar-refractivity contribution in [2.24, 2.45) is 5.92 Å². The average Bonchev–Trinajstić information content (AvgIpc) is 2.28. The molecule has 0 saturated heterocycles. The number of carbonyl (C=O) groups excluding carboxylic acids is 1. The minimum Gasteiger partial charge on any atom is -0.481 e. The molecule has 1 aromatic rings. The van der Waals surface area contributed by atoms with Gasteiger partial charge in [-0.25, -0.2) is 0 Å². The first-order valence-electron chi connectivity index (χ1n) is 5.61. The second-order valence-corrected chi connectivity index (χ2v) is 5.24. The molecule has 0 aliphatic carbocycles. The Hall–Kier alpha value is -1.36. The highest BCUT2D eigenvalue weighted by Crippen LogP contribution is 2.13. The molecule has 5 heteroatoms. The predicted molar refractivity (Wildman–Crippen MR) is 72.3 cm³/mol. The fourth-order valence-electron chi connectivity index (χ4n) is 1.55. The molecule has 0 aromatic heterocycles. The van der Waals surface area contributed by atoms with E-state index in [4.69, 9.17) is 5.11 Å². The molecule has 1 amide bonds. The molecule has 0 saturated carbocycles. The molecule has 0 spiro atoms. The fraction of sp³-hybridized carbons (Fsp3) is 0.385. The van der Waals surface area contributed by atoms with Gasteiger partial charge in [-0.05, 0) is 17.7 Å². The molecule has 0 fully saturated rings. The Labute approximate surface area is 115 Å². The molecule has 0 unspecified atom stereocenters. The lowest BCUT2D eigenvalue weighted by Gasteiger charge is -2.19. The number of carboxylic acid groups (broad SMARTS) is 1. The van der Waals surface area contributed by atoms with Crippen molar-refractivity contribution in [3.63, 3.8) is 0 Å². The molecule has 0 bridgehead atoms. The van der Waals surface area contributed by atoms with Gasteiger partial charge in [-0.15, -0.1) is 0 Å². The van der Waals surface area contributed by atoms with Gasteiger partial charge >= 0.3 is 5.97 Å². The van der Waals surface area contributed by atoms with E-state index in [1.807, 2.05) is 24.3 Å². The van der Waals surface area contributed by atoms with Crippen molar-refractivity contribution < 1.29 is 14.7 Å². The van der Waals surface area contributed by atoms with Crippen LogP contribution in [0.3, 0.4) is 0 Å². The number of carboxylic acids is 1. The van der Waals surface area contributed by atoms with Gasteiger partial charge in [-0.3, -0.25) is 9.59 Å². The van der Waals surface area contributed by atoms with Crippen molar-refractivity contribution >= 4 is 27.8 Å². The number of halogens is 1. The summed E-state index contributed by atoms with van der Waals surface area (Å²) in [5.74, 6) is -1.53. The molecule has 0 aliphatic heterocycles. The first-order chi connectivity index (χ1) is 8.40. The van der Waals surface area contributed by atoms with Crippen molar-refractivity contribution in [1.29, 1.82) is 0 Å². The Morgan fingerprint density at radius 2 is 2.11 bits per heavy atom. The van der Waals surface area contributed by atoms with Crippen LogP contribution in [0.1, 0.15) is 12.5 Å². The number of likely N-dealkylation sites (N-methyl/N-ethyl adjacent to an activating group) is 1. The Morgan fingerprint density at radius 3 is 2.67 bits per heavy atom. The Kier molecular flexibility index (Phi) is 5.34. The van der Waals surface area contributed by atoms with E-state index in [9.17, 15) is 9.59 Å². The van der Waals surface area contributed by atoms with Crippen molar-refractivity contribution in [3.05, 3.63) is 34.3 Å². The van der Waals surface area contributed by atoms with Gasteiger partial charge in [0.15, 0.2) is 0 Å². The third kappa shape index (κ3) is 4.49. The van der Waals surface area contributed by atoms with Gasteiger partial charge in [0.05, 0.1) is 12.3 Å². The smallest absolute Gasteiger partial charge is 0.308 e. The van der Waals surface area contributed by atoms with E-state index >= 15 is 0 Å². The minimum absolute atomic E-state index is 0.0822. The molecule has 1 N–H and O–H groups in total. The van der Waals surface area contributed by atoms with Crippen LogP contribution in [0, 0.1) is 5.92 Å². The molecule has 1 aromatic carbocycles. The zero-order valence-electron chi connectivity index (χ0n) is 10.4. The summed E-state index contributed by atoms with van der Waals surface area (Å²) in [6, 6.07) is 7.51. The molecule has 0 radical (unpaired) electrons. The van der Waals surface area contributed by atoms with Gasteiger partial charge in [0.25, 0.3) is 0 Å². The summed E-state index contributed by atoms with van der Waals surface area (Å²) in [5, 5.41) is 8.79. The van der Waals surface area contributed by atoms with Gasteiger partial charge < -0.3 is 10.0 Å². The summed E-state index contributed by atoms with van der Waals surface area (Å²) in [7, 11) is 1.62. The minimum atomic E-state index is -0.892. The number of nitrogens with zero attached hydrogens (tertiary/aromatic N) is 1. The van der Waals surface area contributed by atoms with Crippen molar-refractivity contribution in [2.45, 2.75) is 13.3 Å². The van der Waals surface area contributed by atoms with E-state index in [0.29, 0.717) is 0 Å². The number of rotatable bonds is 5. The van der Waals surface area contributed by atoms with Crippen LogP contribution < -0.4 is 0 Å². The van der Waals surface area contributed by atoms with Gasteiger partial charge in [0, 0.05) is 18.1 Å². The topological polar surface area (TPSA) is 57.6 Å². The van der Waals surface area contributed by atoms with Gasteiger partial charge in [0.1, 0.15) is 0 Å². The zero-order valence-corrected chi connectivity index (χ0v) is 12.0. The maximum Gasteiger partial charge on any atom is 0.308 e. The summed E-state index contributed by atoms with van der Waals surface area (Å²) in [4.78, 5) is 24.1. The Balaban J connectivity index is 2.57. The molecular weight excluding hydrogens is 298 g/mol. The van der Waals surface area contributed by atoms with Gasteiger partial charge in [-0.2, -0.15) is 0 Å². The van der Waals surface area contributed by atoms with E-state index in [1.54, 1.807) is 14.0 Å². The van der Waals surface area contributed by atoms with Crippen LogP contribution in [0.4, 0.5) is 0 Å². The second-order valence-electron chi connectivity index (χ2n) is 4.32. The van der Waals surface area contributed by atoms with Crippen LogP contribution in [0.2, 0.25) is 0 Å². The fourth-order valence-corrected chi connectivity index (χ4v) is 1.99. The zero-order chi connectivity index (χ0) is 13.7. The predicted octanol–water partition coefficient (Wildman–Crippen LogP) is 2.17. The first kappa shape index (κ1) is 14.7. The highest BCUT2D eigenvalue weighted by molar-refractivity contribution is 9.10. The third-order valence-electron chi connectivity index (χ3n) is 2.64. The first-order valence-corrected chi connectivity index (χ1v) is 6.40. The molecular formula is C13H16BrNO3. The molecule has 0 heterocycles. The summed E-state index contributed by atoms with van der Waals surface area (Å²) in [6.45, 7) is 1.81. The molecule has 1 atom stereocenters. The number of hydrogen-bond acceptors (Lipinski definition) is 2. The third-order valence-corrected chi connectivity index (χ3v) is 3.13. The van der Waals surface area contributed by atoms with E-state index < -0.39 is 11.9 Å². The van der Waals surface area contributed by atoms with Gasteiger partial charge in [0.2, 0.25) is 5.91 Å². The number of hydrogen-bond donors (Lipinski definition) is 1. The molecule has 0 aliphatic rings. The van der Waals surface area contributed by atoms with E-state index in [1.165, 1.54) is 4.90 Å². The Bertz CT molecular complexity index is 448. The summed E-state index contributed by atoms with van der Waals surface area (Å²) >= 11 is 3.35. The number of carbonyl (C=O) groups is 2. The van der Waals surface area contributed by atoms with Crippen LogP contribution in [-0.4, -0.2) is 35.5 Å². The Morgan fingerprint density at radius 1 is 1.44 bits per heavy atom. The van der Waals surface area contributed by atoms with Crippen molar-refractivity contribution in [1.82, 2.24) is 4.90 Å². The SMILES string of the molecule is C[C@@H](CN(C)C(=O)Cc1cccc(Br)c1)C(=O)O. The van der Waals surface area contributed by atoms with E-state index in [0.717, 1.165) is 10.0 Å². The van der Waals surface area contributed by atoms with E-state index in [2.05, 4.69) is 15.9 Å². The van der Waals surface area contributed by atoms with Crippen LogP contribution in [-0.2, 0) is 16.0 Å². The van der Waals surface area contributed by atoms with Crippen LogP contribution in [0.15, 0.2) is 28.7 Å². The maximum absolute atomic E-state index is 11.9. The summed E-state index contributed by atoms with van der Waals surface area (Å²) in [5.41, 5.74) is 0.907. The highest BCUT2D eigenvalue weighted by Gasteiger charge is 2.17. The van der Waals surface area contributed by atoms with Crippen LogP contribution in [0.5, 0.6) is 0 Å². The summed E-state index contributed by atoms with van der Waals surface area (Å²) < 4.78 is 0.925. The normalized spacial score (nSPS) is 11.9. The second kappa shape index (κ2) is 6.54. The largest absolute Gasteiger partial charge is 0.481 e. The quantitative estimate of drug-likeness (QED) is 0.906. The van der Waals surface area contributed by atoms with Crippen LogP contribution >= 0.6 is 15.9 Å². The number of benzene rings is 1. The lowest BCUT2D eigenvalue weighted by Crippen LogP contribution is -2.34. The summed E-state index contributed by atoms with van der Waals surface area (Å²) in [6.07, 6.45) is 0.280. The lowest BCUT2D eigenvalue weighted by atomic mass is 10.1.